The van der Waals surface area contributed by atoms with Gasteiger partial charge < -0.3 is 10.1 Å². The molecule has 0 radical (unpaired) electrons. The van der Waals surface area contributed by atoms with Crippen molar-refractivity contribution in [2.45, 2.75) is 33.7 Å². The molecule has 0 aliphatic rings. The lowest BCUT2D eigenvalue weighted by Crippen LogP contribution is -2.34. The van der Waals surface area contributed by atoms with E-state index in [0.717, 1.165) is 11.1 Å². The fraction of sp³-hybridized carbons (Fsp3) is 0.429. The number of amides is 1. The van der Waals surface area contributed by atoms with Crippen LogP contribution in [0.15, 0.2) is 18.2 Å². The van der Waals surface area contributed by atoms with Gasteiger partial charge in [0.2, 0.25) is 0 Å². The summed E-state index contributed by atoms with van der Waals surface area (Å²) in [6, 6.07) is 5.47. The summed E-state index contributed by atoms with van der Waals surface area (Å²) < 4.78 is 4.98. The van der Waals surface area contributed by atoms with Gasteiger partial charge in [-0.05, 0) is 44.9 Å². The van der Waals surface area contributed by atoms with Crippen molar-refractivity contribution in [3.05, 3.63) is 34.9 Å². The average Bonchev–Trinajstić information content (AvgIpc) is 2.29. The van der Waals surface area contributed by atoms with Gasteiger partial charge in [0.05, 0.1) is 5.56 Å². The molecule has 98 valence electrons. The molecular weight excluding hydrogens is 230 g/mol. The van der Waals surface area contributed by atoms with Crippen LogP contribution >= 0.6 is 0 Å². The van der Waals surface area contributed by atoms with E-state index in [1.807, 2.05) is 33.8 Å². The second-order valence-corrected chi connectivity index (χ2v) is 4.55. The van der Waals surface area contributed by atoms with Crippen LogP contribution in [0.2, 0.25) is 0 Å². The Morgan fingerprint density at radius 3 is 2.56 bits per heavy atom. The summed E-state index contributed by atoms with van der Waals surface area (Å²) in [5.41, 5.74) is 2.41. The second kappa shape index (κ2) is 6.19. The molecule has 0 spiro atoms. The fourth-order valence-electron chi connectivity index (χ4n) is 1.54. The third-order valence-corrected chi connectivity index (χ3v) is 2.61. The smallest absolute Gasteiger partial charge is 0.338 e. The van der Waals surface area contributed by atoms with Crippen LogP contribution in [0.4, 0.5) is 0 Å². The van der Waals surface area contributed by atoms with E-state index in [9.17, 15) is 9.59 Å². The predicted molar refractivity (Wildman–Crippen MR) is 69.5 cm³/mol. The topological polar surface area (TPSA) is 55.4 Å². The summed E-state index contributed by atoms with van der Waals surface area (Å²) in [6.45, 7) is 7.25. The number of benzene rings is 1. The van der Waals surface area contributed by atoms with E-state index in [4.69, 9.17) is 4.74 Å². The van der Waals surface area contributed by atoms with E-state index in [-0.39, 0.29) is 18.6 Å². The molecule has 1 rings (SSSR count). The van der Waals surface area contributed by atoms with Gasteiger partial charge in [0.15, 0.2) is 6.61 Å². The van der Waals surface area contributed by atoms with Gasteiger partial charge in [-0.25, -0.2) is 4.79 Å². The van der Waals surface area contributed by atoms with Crippen molar-refractivity contribution in [1.29, 1.82) is 0 Å². The third-order valence-electron chi connectivity index (χ3n) is 2.61. The van der Waals surface area contributed by atoms with Crippen molar-refractivity contribution in [1.82, 2.24) is 5.32 Å². The Hall–Kier alpha value is -1.84. The summed E-state index contributed by atoms with van der Waals surface area (Å²) in [4.78, 5) is 23.2. The van der Waals surface area contributed by atoms with Gasteiger partial charge in [-0.2, -0.15) is 0 Å². The molecule has 4 heteroatoms. The van der Waals surface area contributed by atoms with Crippen molar-refractivity contribution in [3.63, 3.8) is 0 Å². The molecular formula is C14H19NO3. The lowest BCUT2D eigenvalue weighted by Gasteiger charge is -2.10. The van der Waals surface area contributed by atoms with E-state index in [2.05, 4.69) is 5.32 Å². The average molecular weight is 249 g/mol. The van der Waals surface area contributed by atoms with Gasteiger partial charge in [-0.3, -0.25) is 4.79 Å². The van der Waals surface area contributed by atoms with Crippen molar-refractivity contribution < 1.29 is 14.3 Å². The summed E-state index contributed by atoms with van der Waals surface area (Å²) in [5.74, 6) is -0.751. The summed E-state index contributed by atoms with van der Waals surface area (Å²) in [6.07, 6.45) is 0. The first kappa shape index (κ1) is 14.2. The number of hydrogen-bond acceptors (Lipinski definition) is 3. The normalized spacial score (nSPS) is 10.3. The lowest BCUT2D eigenvalue weighted by molar-refractivity contribution is -0.124. The standard InChI is InChI=1S/C14H19NO3/c1-9(2)15-13(16)8-18-14(17)12-7-5-6-10(3)11(12)4/h5-7,9H,8H2,1-4H3,(H,15,16). The molecule has 0 saturated heterocycles. The highest BCUT2D eigenvalue weighted by Crippen LogP contribution is 2.13. The summed E-state index contributed by atoms with van der Waals surface area (Å²) in [7, 11) is 0. The first-order valence-corrected chi connectivity index (χ1v) is 5.94. The van der Waals surface area contributed by atoms with Crippen molar-refractivity contribution in [2.24, 2.45) is 0 Å². The van der Waals surface area contributed by atoms with Crippen LogP contribution in [-0.2, 0) is 9.53 Å². The largest absolute Gasteiger partial charge is 0.452 e. The minimum absolute atomic E-state index is 0.0388. The fourth-order valence-corrected chi connectivity index (χ4v) is 1.54. The van der Waals surface area contributed by atoms with Gasteiger partial charge in [-0.15, -0.1) is 0 Å². The summed E-state index contributed by atoms with van der Waals surface area (Å²) in [5, 5.41) is 2.66. The van der Waals surface area contributed by atoms with Gasteiger partial charge >= 0.3 is 5.97 Å². The zero-order valence-corrected chi connectivity index (χ0v) is 11.2. The van der Waals surface area contributed by atoms with Crippen molar-refractivity contribution in [3.8, 4) is 0 Å². The van der Waals surface area contributed by atoms with E-state index >= 15 is 0 Å². The Kier molecular flexibility index (Phi) is 4.89. The number of nitrogens with one attached hydrogen (secondary N) is 1. The van der Waals surface area contributed by atoms with Crippen LogP contribution in [0.25, 0.3) is 0 Å². The van der Waals surface area contributed by atoms with Crippen LogP contribution in [0.1, 0.15) is 35.3 Å². The Labute approximate surface area is 107 Å². The SMILES string of the molecule is Cc1cccc(C(=O)OCC(=O)NC(C)C)c1C. The van der Waals surface area contributed by atoms with Crippen LogP contribution in [0, 0.1) is 13.8 Å². The maximum absolute atomic E-state index is 11.8. The number of rotatable bonds is 4. The first-order valence-electron chi connectivity index (χ1n) is 5.94. The van der Waals surface area contributed by atoms with E-state index in [1.165, 1.54) is 0 Å². The minimum Gasteiger partial charge on any atom is -0.452 e. The Morgan fingerprint density at radius 1 is 1.28 bits per heavy atom. The Bertz CT molecular complexity index is 452. The molecule has 0 heterocycles. The maximum atomic E-state index is 11.8. The Balaban J connectivity index is 2.61. The molecule has 0 fully saturated rings. The Morgan fingerprint density at radius 2 is 1.94 bits per heavy atom. The van der Waals surface area contributed by atoms with Gasteiger partial charge in [0.25, 0.3) is 5.91 Å². The van der Waals surface area contributed by atoms with Crippen LogP contribution < -0.4 is 5.32 Å². The third kappa shape index (κ3) is 3.87. The zero-order valence-electron chi connectivity index (χ0n) is 11.2. The molecule has 1 aromatic carbocycles. The first-order chi connectivity index (χ1) is 8.41. The monoisotopic (exact) mass is 249 g/mol. The molecule has 0 saturated carbocycles. The zero-order chi connectivity index (χ0) is 13.7. The molecule has 0 unspecified atom stereocenters. The summed E-state index contributed by atoms with van der Waals surface area (Å²) >= 11 is 0. The van der Waals surface area contributed by atoms with E-state index < -0.39 is 5.97 Å². The number of aryl methyl sites for hydroxylation is 1. The molecule has 1 N–H and O–H groups in total. The van der Waals surface area contributed by atoms with Crippen molar-refractivity contribution >= 4 is 11.9 Å². The van der Waals surface area contributed by atoms with Gasteiger partial charge in [0.1, 0.15) is 0 Å². The maximum Gasteiger partial charge on any atom is 0.338 e. The van der Waals surface area contributed by atoms with E-state index in [1.54, 1.807) is 12.1 Å². The van der Waals surface area contributed by atoms with Crippen LogP contribution in [-0.4, -0.2) is 24.5 Å². The number of esters is 1. The number of hydrogen-bond donors (Lipinski definition) is 1. The minimum atomic E-state index is -0.463. The van der Waals surface area contributed by atoms with Gasteiger partial charge in [-0.1, -0.05) is 12.1 Å². The van der Waals surface area contributed by atoms with Crippen molar-refractivity contribution in [2.75, 3.05) is 6.61 Å². The number of carbonyl (C=O) groups excluding carboxylic acids is 2. The second-order valence-electron chi connectivity index (χ2n) is 4.55. The predicted octanol–water partition coefficient (Wildman–Crippen LogP) is 1.98. The quantitative estimate of drug-likeness (QED) is 0.830. The highest BCUT2D eigenvalue weighted by molar-refractivity contribution is 5.93. The highest BCUT2D eigenvalue weighted by Gasteiger charge is 2.13. The molecule has 4 nitrogen and oxygen atoms in total. The van der Waals surface area contributed by atoms with E-state index in [0.29, 0.717) is 5.56 Å². The van der Waals surface area contributed by atoms with Crippen LogP contribution in [0.5, 0.6) is 0 Å². The molecule has 0 aliphatic carbocycles. The van der Waals surface area contributed by atoms with Crippen LogP contribution in [0.3, 0.4) is 0 Å². The molecule has 1 amide bonds. The lowest BCUT2D eigenvalue weighted by atomic mass is 10.0. The van der Waals surface area contributed by atoms with Gasteiger partial charge in [0, 0.05) is 6.04 Å². The molecule has 1 aromatic rings. The number of carbonyl (C=O) groups is 2. The molecule has 0 aliphatic heterocycles. The molecule has 18 heavy (non-hydrogen) atoms. The number of ether oxygens (including phenoxy) is 1. The molecule has 0 aromatic heterocycles. The molecule has 0 bridgehead atoms. The molecule has 0 atom stereocenters. The highest BCUT2D eigenvalue weighted by atomic mass is 16.5.